The summed E-state index contributed by atoms with van der Waals surface area (Å²) in [5.41, 5.74) is 0. The Kier molecular flexibility index (Phi) is 3.25. The van der Waals surface area contributed by atoms with E-state index in [2.05, 4.69) is 18.3 Å². The maximum Gasteiger partial charge on any atom is 0.105 e. The Morgan fingerprint density at radius 2 is 2.43 bits per heavy atom. The monoisotopic (exact) mass is 193 g/mol. The van der Waals surface area contributed by atoms with Crippen molar-refractivity contribution in [2.45, 2.75) is 38.6 Å². The Balaban J connectivity index is 1.89. The van der Waals surface area contributed by atoms with Crippen molar-refractivity contribution in [1.29, 1.82) is 0 Å². The molecule has 2 nitrogen and oxygen atoms in total. The number of hydrogen-bond acceptors (Lipinski definition) is 2. The summed E-state index contributed by atoms with van der Waals surface area (Å²) in [6, 6.07) is 4.67. The van der Waals surface area contributed by atoms with E-state index < -0.39 is 0 Å². The summed E-state index contributed by atoms with van der Waals surface area (Å²) < 4.78 is 5.39. The SMILES string of the molecule is CCNC(Cc1ccco1)C1CCC1. The van der Waals surface area contributed by atoms with E-state index in [4.69, 9.17) is 4.42 Å². The fourth-order valence-corrected chi connectivity index (χ4v) is 2.16. The molecule has 1 saturated carbocycles. The van der Waals surface area contributed by atoms with Crippen LogP contribution in [0.25, 0.3) is 0 Å². The molecular weight excluding hydrogens is 174 g/mol. The lowest BCUT2D eigenvalue weighted by molar-refractivity contribution is 0.223. The standard InChI is InChI=1S/C12H19NO/c1-2-13-12(10-5-3-6-10)9-11-7-4-8-14-11/h4,7-8,10,12-13H,2-3,5-6,9H2,1H3. The summed E-state index contributed by atoms with van der Waals surface area (Å²) in [6.45, 7) is 3.23. The van der Waals surface area contributed by atoms with E-state index in [-0.39, 0.29) is 0 Å². The third kappa shape index (κ3) is 2.18. The van der Waals surface area contributed by atoms with Crippen molar-refractivity contribution in [2.24, 2.45) is 5.92 Å². The molecule has 2 heteroatoms. The molecule has 1 fully saturated rings. The van der Waals surface area contributed by atoms with Crippen LogP contribution in [0.1, 0.15) is 31.9 Å². The van der Waals surface area contributed by atoms with Crippen molar-refractivity contribution in [3.63, 3.8) is 0 Å². The van der Waals surface area contributed by atoms with Crippen molar-refractivity contribution in [3.8, 4) is 0 Å². The molecule has 1 aromatic heterocycles. The molecule has 14 heavy (non-hydrogen) atoms. The minimum absolute atomic E-state index is 0.625. The average Bonchev–Trinajstić information content (AvgIpc) is 2.54. The minimum atomic E-state index is 0.625. The zero-order valence-corrected chi connectivity index (χ0v) is 8.83. The van der Waals surface area contributed by atoms with Crippen LogP contribution in [0.5, 0.6) is 0 Å². The molecule has 1 aliphatic carbocycles. The highest BCUT2D eigenvalue weighted by Gasteiger charge is 2.27. The number of rotatable bonds is 5. The van der Waals surface area contributed by atoms with Crippen molar-refractivity contribution < 1.29 is 4.42 Å². The van der Waals surface area contributed by atoms with Crippen molar-refractivity contribution >= 4 is 0 Å². The Morgan fingerprint density at radius 3 is 2.93 bits per heavy atom. The Bertz CT molecular complexity index is 251. The maximum atomic E-state index is 5.39. The van der Waals surface area contributed by atoms with Gasteiger partial charge in [0.05, 0.1) is 6.26 Å². The second-order valence-corrected chi connectivity index (χ2v) is 4.14. The molecule has 1 heterocycles. The molecule has 0 spiro atoms. The van der Waals surface area contributed by atoms with Gasteiger partial charge in [-0.3, -0.25) is 0 Å². The minimum Gasteiger partial charge on any atom is -0.469 e. The van der Waals surface area contributed by atoms with E-state index in [9.17, 15) is 0 Å². The lowest BCUT2D eigenvalue weighted by atomic mass is 9.78. The average molecular weight is 193 g/mol. The molecule has 0 aliphatic heterocycles. The molecule has 0 amide bonds. The van der Waals surface area contributed by atoms with Crippen LogP contribution in [0.15, 0.2) is 22.8 Å². The van der Waals surface area contributed by atoms with Gasteiger partial charge in [0.1, 0.15) is 5.76 Å². The van der Waals surface area contributed by atoms with Gasteiger partial charge in [0.2, 0.25) is 0 Å². The van der Waals surface area contributed by atoms with Crippen LogP contribution in [-0.4, -0.2) is 12.6 Å². The van der Waals surface area contributed by atoms with Crippen LogP contribution >= 0.6 is 0 Å². The molecule has 1 aliphatic rings. The highest BCUT2D eigenvalue weighted by molar-refractivity contribution is 5.02. The van der Waals surface area contributed by atoms with Gasteiger partial charge in [-0.05, 0) is 37.4 Å². The van der Waals surface area contributed by atoms with Gasteiger partial charge in [-0.15, -0.1) is 0 Å². The molecule has 0 saturated heterocycles. The Labute approximate surface area is 85.7 Å². The molecule has 0 bridgehead atoms. The zero-order valence-electron chi connectivity index (χ0n) is 8.83. The van der Waals surface area contributed by atoms with E-state index in [1.54, 1.807) is 6.26 Å². The van der Waals surface area contributed by atoms with E-state index in [1.807, 2.05) is 6.07 Å². The summed E-state index contributed by atoms with van der Waals surface area (Å²) in [4.78, 5) is 0. The summed E-state index contributed by atoms with van der Waals surface area (Å²) in [5.74, 6) is 1.99. The van der Waals surface area contributed by atoms with Crippen molar-refractivity contribution in [2.75, 3.05) is 6.54 Å². The summed E-state index contributed by atoms with van der Waals surface area (Å²) in [6.07, 6.45) is 6.99. The second-order valence-electron chi connectivity index (χ2n) is 4.14. The maximum absolute atomic E-state index is 5.39. The topological polar surface area (TPSA) is 25.2 Å². The van der Waals surface area contributed by atoms with Crippen molar-refractivity contribution in [3.05, 3.63) is 24.2 Å². The second kappa shape index (κ2) is 4.65. The molecule has 1 aromatic rings. The summed E-state index contributed by atoms with van der Waals surface area (Å²) in [5, 5.41) is 3.56. The van der Waals surface area contributed by atoms with Gasteiger partial charge in [-0.2, -0.15) is 0 Å². The Hall–Kier alpha value is -0.760. The van der Waals surface area contributed by atoms with E-state index >= 15 is 0 Å². The quantitative estimate of drug-likeness (QED) is 0.777. The predicted molar refractivity (Wildman–Crippen MR) is 57.2 cm³/mol. The normalized spacial score (nSPS) is 19.2. The van der Waals surface area contributed by atoms with Gasteiger partial charge in [0.15, 0.2) is 0 Å². The highest BCUT2D eigenvalue weighted by atomic mass is 16.3. The largest absolute Gasteiger partial charge is 0.469 e. The van der Waals surface area contributed by atoms with Gasteiger partial charge in [0.25, 0.3) is 0 Å². The van der Waals surface area contributed by atoms with Crippen LogP contribution < -0.4 is 5.32 Å². The Morgan fingerprint density at radius 1 is 1.57 bits per heavy atom. The number of furan rings is 1. The lowest BCUT2D eigenvalue weighted by Gasteiger charge is -2.33. The van der Waals surface area contributed by atoms with E-state index in [0.29, 0.717) is 6.04 Å². The smallest absolute Gasteiger partial charge is 0.105 e. The van der Waals surface area contributed by atoms with Crippen LogP contribution in [-0.2, 0) is 6.42 Å². The summed E-state index contributed by atoms with van der Waals surface area (Å²) >= 11 is 0. The van der Waals surface area contributed by atoms with Crippen LogP contribution in [0, 0.1) is 5.92 Å². The molecule has 0 radical (unpaired) electrons. The first-order valence-electron chi connectivity index (χ1n) is 5.66. The first-order chi connectivity index (χ1) is 6.90. The fraction of sp³-hybridized carbons (Fsp3) is 0.667. The molecule has 1 atom stereocenters. The van der Waals surface area contributed by atoms with E-state index in [1.165, 1.54) is 19.3 Å². The first kappa shape index (κ1) is 9.78. The third-order valence-corrected chi connectivity index (χ3v) is 3.19. The number of hydrogen-bond donors (Lipinski definition) is 1. The summed E-state index contributed by atoms with van der Waals surface area (Å²) in [7, 11) is 0. The van der Waals surface area contributed by atoms with Gasteiger partial charge >= 0.3 is 0 Å². The molecule has 0 aromatic carbocycles. The van der Waals surface area contributed by atoms with Gasteiger partial charge < -0.3 is 9.73 Å². The van der Waals surface area contributed by atoms with Gasteiger partial charge in [-0.25, -0.2) is 0 Å². The predicted octanol–water partition coefficient (Wildman–Crippen LogP) is 2.60. The lowest BCUT2D eigenvalue weighted by Crippen LogP contribution is -2.40. The number of likely N-dealkylation sites (N-methyl/N-ethyl adjacent to an activating group) is 1. The van der Waals surface area contributed by atoms with E-state index in [0.717, 1.165) is 24.6 Å². The van der Waals surface area contributed by atoms with Crippen LogP contribution in [0.3, 0.4) is 0 Å². The molecule has 1 unspecified atom stereocenters. The third-order valence-electron chi connectivity index (χ3n) is 3.19. The number of nitrogens with one attached hydrogen (secondary N) is 1. The zero-order chi connectivity index (χ0) is 9.80. The highest BCUT2D eigenvalue weighted by Crippen LogP contribution is 2.31. The van der Waals surface area contributed by atoms with Crippen molar-refractivity contribution in [1.82, 2.24) is 5.32 Å². The van der Waals surface area contributed by atoms with Gasteiger partial charge in [0, 0.05) is 12.5 Å². The molecular formula is C12H19NO. The first-order valence-corrected chi connectivity index (χ1v) is 5.66. The molecule has 1 N–H and O–H groups in total. The molecule has 2 rings (SSSR count). The molecule has 78 valence electrons. The van der Waals surface area contributed by atoms with Crippen LogP contribution in [0.4, 0.5) is 0 Å². The van der Waals surface area contributed by atoms with Gasteiger partial charge in [-0.1, -0.05) is 13.3 Å². The fourth-order valence-electron chi connectivity index (χ4n) is 2.16. The van der Waals surface area contributed by atoms with Crippen LogP contribution in [0.2, 0.25) is 0 Å².